The van der Waals surface area contributed by atoms with Crippen LogP contribution in [0.4, 0.5) is 5.69 Å². The molecule has 0 spiro atoms. The zero-order valence-corrected chi connectivity index (χ0v) is 24.1. The number of benzene rings is 2. The van der Waals surface area contributed by atoms with Crippen molar-refractivity contribution < 1.29 is 34.2 Å². The number of anilines is 1. The molecular formula is C32H33N3O7. The number of Topliss-reactive ketones (excluding diaryl/α,β-unsaturated/α-hetero) is 4. The van der Waals surface area contributed by atoms with Gasteiger partial charge in [-0.1, -0.05) is 29.5 Å². The van der Waals surface area contributed by atoms with Crippen molar-refractivity contribution in [1.82, 2.24) is 4.90 Å². The first-order chi connectivity index (χ1) is 19.7. The van der Waals surface area contributed by atoms with E-state index in [1.165, 1.54) is 4.90 Å². The summed E-state index contributed by atoms with van der Waals surface area (Å²) in [6.45, 7) is 1.95. The van der Waals surface area contributed by atoms with Gasteiger partial charge in [-0.3, -0.25) is 28.9 Å². The minimum absolute atomic E-state index is 0.00743. The molecule has 1 amide bonds. The molecule has 0 aliphatic heterocycles. The van der Waals surface area contributed by atoms with E-state index in [4.69, 9.17) is 5.73 Å². The van der Waals surface area contributed by atoms with Gasteiger partial charge >= 0.3 is 0 Å². The number of phenols is 1. The Bertz CT molecular complexity index is 1620. The molecule has 3 aliphatic carbocycles. The van der Waals surface area contributed by atoms with Gasteiger partial charge in [0.25, 0.3) is 0 Å². The number of amides is 1. The summed E-state index contributed by atoms with van der Waals surface area (Å²) in [6, 6.07) is 8.03. The quantitative estimate of drug-likeness (QED) is 0.355. The van der Waals surface area contributed by atoms with E-state index in [0.717, 1.165) is 5.56 Å². The lowest BCUT2D eigenvalue weighted by atomic mass is 9.52. The summed E-state index contributed by atoms with van der Waals surface area (Å²) >= 11 is 0. The third-order valence-corrected chi connectivity index (χ3v) is 8.91. The number of aliphatic hydroxyl groups is 1. The molecule has 0 bridgehead atoms. The van der Waals surface area contributed by atoms with Crippen molar-refractivity contribution in [2.75, 3.05) is 33.1 Å². The SMILES string of the molecule is Cc1ccc(C#Cc2cc(N(C)C)c3c(c2O)C(=O)C2C(=O)C4(O)C(=O)C(C(N)=O)C(=O)C(N(C)C)C4CC2C3)cc1. The maximum absolute atomic E-state index is 14.1. The molecule has 3 aliphatic rings. The van der Waals surface area contributed by atoms with Gasteiger partial charge in [-0.25, -0.2) is 0 Å². The zero-order chi connectivity index (χ0) is 30.8. The lowest BCUT2D eigenvalue weighted by Crippen LogP contribution is -2.74. The first-order valence-corrected chi connectivity index (χ1v) is 13.7. The Morgan fingerprint density at radius 3 is 2.24 bits per heavy atom. The van der Waals surface area contributed by atoms with Gasteiger partial charge in [-0.05, 0) is 63.5 Å². The van der Waals surface area contributed by atoms with Crippen molar-refractivity contribution in [2.45, 2.75) is 31.4 Å². The first-order valence-electron chi connectivity index (χ1n) is 13.7. The predicted molar refractivity (Wildman–Crippen MR) is 153 cm³/mol. The summed E-state index contributed by atoms with van der Waals surface area (Å²) in [5.41, 5.74) is 5.64. The van der Waals surface area contributed by atoms with E-state index >= 15 is 0 Å². The van der Waals surface area contributed by atoms with Crippen molar-refractivity contribution in [3.63, 3.8) is 0 Å². The van der Waals surface area contributed by atoms with Crippen LogP contribution in [-0.4, -0.2) is 84.0 Å². The lowest BCUT2D eigenvalue weighted by Gasteiger charge is -2.52. The second-order valence-corrected chi connectivity index (χ2v) is 11.9. The molecular weight excluding hydrogens is 538 g/mol. The van der Waals surface area contributed by atoms with Gasteiger partial charge in [0, 0.05) is 31.3 Å². The molecule has 10 nitrogen and oxygen atoms in total. The van der Waals surface area contributed by atoms with Crippen LogP contribution in [0.5, 0.6) is 5.75 Å². The Kier molecular flexibility index (Phi) is 7.08. The van der Waals surface area contributed by atoms with E-state index in [9.17, 15) is 34.2 Å². The number of nitrogens with zero attached hydrogens (tertiary/aromatic N) is 2. The van der Waals surface area contributed by atoms with Crippen molar-refractivity contribution in [3.05, 3.63) is 58.1 Å². The van der Waals surface area contributed by atoms with Crippen LogP contribution < -0.4 is 10.6 Å². The topological polar surface area (TPSA) is 158 Å². The van der Waals surface area contributed by atoms with E-state index in [0.29, 0.717) is 16.8 Å². The molecule has 5 rings (SSSR count). The molecule has 6 unspecified atom stereocenters. The van der Waals surface area contributed by atoms with Crippen LogP contribution in [0.2, 0.25) is 0 Å². The predicted octanol–water partition coefficient (Wildman–Crippen LogP) is 0.641. The minimum Gasteiger partial charge on any atom is -0.506 e. The zero-order valence-electron chi connectivity index (χ0n) is 24.1. The molecule has 2 aromatic carbocycles. The molecule has 0 radical (unpaired) electrons. The molecule has 0 aromatic heterocycles. The monoisotopic (exact) mass is 571 g/mol. The molecule has 10 heteroatoms. The Hall–Kier alpha value is -4.33. The highest BCUT2D eigenvalue weighted by molar-refractivity contribution is 6.32. The van der Waals surface area contributed by atoms with Crippen LogP contribution in [0.15, 0.2) is 30.3 Å². The van der Waals surface area contributed by atoms with Gasteiger partial charge in [-0.2, -0.15) is 0 Å². The standard InChI is InChI=1S/C32H33N3O7/c1-15-6-8-16(9-7-15)10-11-17-14-21(34(2)3)19-12-18-13-20-25(35(4)5)28(38)24(31(33)41)30(40)32(20,42)29(39)22(18)27(37)23(19)26(17)36/h6-9,14,18,20,22,24-25,36,42H,12-13H2,1-5H3,(H2,33,41). The number of ketones is 4. The van der Waals surface area contributed by atoms with Crippen LogP contribution in [-0.2, 0) is 25.6 Å². The third-order valence-electron chi connectivity index (χ3n) is 8.91. The molecule has 0 saturated heterocycles. The summed E-state index contributed by atoms with van der Waals surface area (Å²) in [5, 5.41) is 23.1. The smallest absolute Gasteiger partial charge is 0.235 e. The van der Waals surface area contributed by atoms with Gasteiger partial charge in [-0.15, -0.1) is 0 Å². The highest BCUT2D eigenvalue weighted by Gasteiger charge is 2.69. The number of aryl methyl sites for hydroxylation is 1. The van der Waals surface area contributed by atoms with Crippen molar-refractivity contribution >= 4 is 34.7 Å². The van der Waals surface area contributed by atoms with E-state index in [-0.39, 0.29) is 29.7 Å². The molecule has 6 atom stereocenters. The number of fused-ring (bicyclic) bond motifs is 3. The van der Waals surface area contributed by atoms with E-state index in [2.05, 4.69) is 11.8 Å². The molecule has 2 fully saturated rings. The molecule has 0 heterocycles. The number of hydrogen-bond donors (Lipinski definition) is 3. The van der Waals surface area contributed by atoms with Crippen LogP contribution in [0.25, 0.3) is 0 Å². The average molecular weight is 572 g/mol. The fourth-order valence-corrected chi connectivity index (χ4v) is 6.92. The van der Waals surface area contributed by atoms with Crippen LogP contribution >= 0.6 is 0 Å². The second-order valence-electron chi connectivity index (χ2n) is 11.9. The van der Waals surface area contributed by atoms with E-state index in [1.54, 1.807) is 39.2 Å². The van der Waals surface area contributed by atoms with Crippen molar-refractivity contribution in [1.29, 1.82) is 0 Å². The van der Waals surface area contributed by atoms with Crippen molar-refractivity contribution in [2.24, 2.45) is 29.4 Å². The maximum atomic E-state index is 14.1. The largest absolute Gasteiger partial charge is 0.506 e. The number of likely N-dealkylation sites (N-methyl/N-ethyl adjacent to an activating group) is 1. The molecule has 2 saturated carbocycles. The highest BCUT2D eigenvalue weighted by atomic mass is 16.3. The van der Waals surface area contributed by atoms with Gasteiger partial charge in [0.1, 0.15) is 5.75 Å². The molecule has 218 valence electrons. The maximum Gasteiger partial charge on any atom is 0.235 e. The van der Waals surface area contributed by atoms with E-state index < -0.39 is 64.4 Å². The highest BCUT2D eigenvalue weighted by Crippen LogP contribution is 2.52. The minimum atomic E-state index is -2.76. The molecule has 4 N–H and O–H groups in total. The second kappa shape index (κ2) is 10.2. The Morgan fingerprint density at radius 2 is 1.67 bits per heavy atom. The number of primary amides is 1. The Labute approximate surface area is 243 Å². The number of carbonyl (C=O) groups excluding carboxylic acids is 5. The third kappa shape index (κ3) is 4.23. The van der Waals surface area contributed by atoms with Gasteiger partial charge in [0.15, 0.2) is 34.7 Å². The number of aromatic hydroxyl groups is 1. The van der Waals surface area contributed by atoms with Crippen LogP contribution in [0.3, 0.4) is 0 Å². The summed E-state index contributed by atoms with van der Waals surface area (Å²) in [7, 11) is 6.68. The number of carbonyl (C=O) groups is 5. The average Bonchev–Trinajstić information content (AvgIpc) is 2.90. The number of phenolic OH excluding ortho intramolecular Hbond substituents is 1. The fraction of sp³-hybridized carbons (Fsp3) is 0.406. The van der Waals surface area contributed by atoms with Crippen molar-refractivity contribution in [3.8, 4) is 17.6 Å². The number of nitrogens with two attached hydrogens (primary N) is 1. The van der Waals surface area contributed by atoms with Crippen LogP contribution in [0.1, 0.15) is 39.0 Å². The summed E-state index contributed by atoms with van der Waals surface area (Å²) in [4.78, 5) is 70.3. The van der Waals surface area contributed by atoms with Gasteiger partial charge in [0.2, 0.25) is 5.91 Å². The van der Waals surface area contributed by atoms with Gasteiger partial charge in [0.05, 0.1) is 23.1 Å². The fourth-order valence-electron chi connectivity index (χ4n) is 6.92. The Balaban J connectivity index is 1.64. The normalized spacial score (nSPS) is 28.4. The lowest BCUT2D eigenvalue weighted by molar-refractivity contribution is -0.181. The molecule has 42 heavy (non-hydrogen) atoms. The first kappa shape index (κ1) is 29.2. The Morgan fingerprint density at radius 1 is 1.02 bits per heavy atom. The summed E-state index contributed by atoms with van der Waals surface area (Å²) in [6.07, 6.45) is 0.172. The summed E-state index contributed by atoms with van der Waals surface area (Å²) < 4.78 is 0. The van der Waals surface area contributed by atoms with Gasteiger partial charge < -0.3 is 20.8 Å². The number of hydrogen-bond acceptors (Lipinski definition) is 9. The number of rotatable bonds is 3. The van der Waals surface area contributed by atoms with E-state index in [1.807, 2.05) is 31.2 Å². The van der Waals surface area contributed by atoms with Crippen LogP contribution in [0, 0.1) is 42.4 Å². The molecule has 2 aromatic rings. The summed E-state index contributed by atoms with van der Waals surface area (Å²) in [5.74, 6) is -4.89.